The molecule has 186 valence electrons. The smallest absolute Gasteiger partial charge is 0.299 e. The number of fused-ring (bicyclic) bond motifs is 1. The molecule has 0 radical (unpaired) electrons. The number of hydrogen-bond donors (Lipinski definition) is 2. The fourth-order valence-corrected chi connectivity index (χ4v) is 5.66. The van der Waals surface area contributed by atoms with Crippen molar-refractivity contribution in [2.75, 3.05) is 13.1 Å². The van der Waals surface area contributed by atoms with Gasteiger partial charge in [-0.25, -0.2) is 0 Å². The zero-order valence-electron chi connectivity index (χ0n) is 19.6. The molecule has 0 unspecified atom stereocenters. The van der Waals surface area contributed by atoms with E-state index in [1.807, 2.05) is 42.5 Å². The number of aliphatic imine (C=N–C) groups is 1. The van der Waals surface area contributed by atoms with Crippen LogP contribution < -0.4 is 9.44 Å². The molecule has 0 saturated carbocycles. The van der Waals surface area contributed by atoms with E-state index in [9.17, 15) is 18.5 Å². The maximum Gasteiger partial charge on any atom is 0.322 e. The minimum Gasteiger partial charge on any atom is -0.299 e. The molecule has 2 aliphatic heterocycles. The van der Waals surface area contributed by atoms with Gasteiger partial charge in [-0.3, -0.25) is 29.5 Å². The van der Waals surface area contributed by atoms with Crippen LogP contribution >= 0.6 is 0 Å². The highest BCUT2D eigenvalue weighted by molar-refractivity contribution is 7.88. The molecule has 9 nitrogen and oxygen atoms in total. The molecule has 5 rings (SSSR count). The van der Waals surface area contributed by atoms with E-state index in [2.05, 4.69) is 14.3 Å². The predicted octanol–water partition coefficient (Wildman–Crippen LogP) is 3.68. The Hall–Kier alpha value is -3.76. The van der Waals surface area contributed by atoms with Crippen molar-refractivity contribution < 1.29 is 13.3 Å². The van der Waals surface area contributed by atoms with Crippen LogP contribution in [0.25, 0.3) is 10.8 Å². The summed E-state index contributed by atoms with van der Waals surface area (Å²) in [5.74, 6) is 0.359. The molecular formula is C26H27N5O4S. The number of nitro groups is 1. The van der Waals surface area contributed by atoms with Crippen LogP contribution in [-0.2, 0) is 23.2 Å². The van der Waals surface area contributed by atoms with Crippen LogP contribution in [0.3, 0.4) is 0 Å². The van der Waals surface area contributed by atoms with Crippen molar-refractivity contribution in [2.24, 2.45) is 4.99 Å². The lowest BCUT2D eigenvalue weighted by Gasteiger charge is -2.30. The summed E-state index contributed by atoms with van der Waals surface area (Å²) < 4.78 is 30.1. The average Bonchev–Trinajstić information content (AvgIpc) is 2.85. The average molecular weight is 506 g/mol. The van der Waals surface area contributed by atoms with E-state index in [-0.39, 0.29) is 11.7 Å². The number of nitrogens with zero attached hydrogens (tertiary/aromatic N) is 3. The van der Waals surface area contributed by atoms with Gasteiger partial charge in [0.1, 0.15) is 5.84 Å². The molecule has 36 heavy (non-hydrogen) atoms. The molecule has 2 heterocycles. The quantitative estimate of drug-likeness (QED) is 0.392. The van der Waals surface area contributed by atoms with E-state index in [1.165, 1.54) is 12.1 Å². The number of rotatable bonds is 6. The Kier molecular flexibility index (Phi) is 6.71. The summed E-state index contributed by atoms with van der Waals surface area (Å²) in [6, 6.07) is 20.7. The fourth-order valence-electron chi connectivity index (χ4n) is 4.75. The summed E-state index contributed by atoms with van der Waals surface area (Å²) in [7, 11) is -3.72. The van der Waals surface area contributed by atoms with E-state index >= 15 is 0 Å². The minimum atomic E-state index is -3.72. The third-order valence-electron chi connectivity index (χ3n) is 6.51. The van der Waals surface area contributed by atoms with Gasteiger partial charge in [-0.1, -0.05) is 54.6 Å². The van der Waals surface area contributed by atoms with Gasteiger partial charge in [0.2, 0.25) is 0 Å². The van der Waals surface area contributed by atoms with Crippen molar-refractivity contribution in [3.05, 3.63) is 99.7 Å². The van der Waals surface area contributed by atoms with Gasteiger partial charge in [0, 0.05) is 50.0 Å². The molecule has 2 N–H and O–H groups in total. The number of allylic oxidation sites excluding steroid dienone is 1. The Balaban J connectivity index is 1.25. The molecule has 2 aliphatic rings. The second-order valence-corrected chi connectivity index (χ2v) is 10.6. The van der Waals surface area contributed by atoms with Gasteiger partial charge in [-0.15, -0.1) is 0 Å². The Morgan fingerprint density at radius 3 is 2.44 bits per heavy atom. The Morgan fingerprint density at radius 1 is 0.972 bits per heavy atom. The Morgan fingerprint density at radius 2 is 1.69 bits per heavy atom. The predicted molar refractivity (Wildman–Crippen MR) is 140 cm³/mol. The first-order chi connectivity index (χ1) is 17.3. The van der Waals surface area contributed by atoms with Crippen LogP contribution in [0.5, 0.6) is 0 Å². The largest absolute Gasteiger partial charge is 0.322 e. The van der Waals surface area contributed by atoms with Gasteiger partial charge in [0.05, 0.1) is 11.0 Å². The molecule has 0 atom stereocenters. The van der Waals surface area contributed by atoms with Crippen LogP contribution in [0.4, 0.5) is 5.69 Å². The van der Waals surface area contributed by atoms with E-state index in [0.29, 0.717) is 24.5 Å². The molecule has 3 aromatic carbocycles. The lowest BCUT2D eigenvalue weighted by atomic mass is 10.0. The maximum atomic E-state index is 12.5. The summed E-state index contributed by atoms with van der Waals surface area (Å²) >= 11 is 0. The van der Waals surface area contributed by atoms with Gasteiger partial charge in [0.15, 0.2) is 0 Å². The zero-order chi connectivity index (χ0) is 25.1. The number of nitrogens with one attached hydrogen (secondary N) is 2. The number of benzene rings is 3. The second-order valence-electron chi connectivity index (χ2n) is 9.14. The number of hydrogen-bond acceptors (Lipinski definition) is 6. The number of nitro benzene ring substituents is 1. The van der Waals surface area contributed by atoms with Gasteiger partial charge < -0.3 is 0 Å². The molecule has 0 bridgehead atoms. The van der Waals surface area contributed by atoms with Crippen molar-refractivity contribution >= 4 is 32.5 Å². The third-order valence-corrected chi connectivity index (χ3v) is 7.52. The van der Waals surface area contributed by atoms with Crippen LogP contribution in [0.15, 0.2) is 83.5 Å². The Labute approximate surface area is 209 Å². The van der Waals surface area contributed by atoms with Gasteiger partial charge >= 0.3 is 10.2 Å². The van der Waals surface area contributed by atoms with Crippen molar-refractivity contribution in [1.82, 2.24) is 14.3 Å². The molecule has 0 aromatic heterocycles. The summed E-state index contributed by atoms with van der Waals surface area (Å²) in [5.41, 5.74) is 2.74. The molecule has 1 saturated heterocycles. The normalized spacial score (nSPS) is 19.4. The topological polar surface area (TPSA) is 117 Å². The molecule has 0 spiro atoms. The SMILES string of the molecule is O=[N+]([O-])c1ccc(CN2CCC(N=C3C=C(Cc4cccc5ccccc45)NS(=O)(=O)N3)CC2)cc1. The van der Waals surface area contributed by atoms with E-state index in [0.717, 1.165) is 47.8 Å². The van der Waals surface area contributed by atoms with E-state index in [1.54, 1.807) is 18.2 Å². The van der Waals surface area contributed by atoms with Crippen LogP contribution in [0, 0.1) is 10.1 Å². The summed E-state index contributed by atoms with van der Waals surface area (Å²) in [4.78, 5) is 17.5. The zero-order valence-corrected chi connectivity index (χ0v) is 20.4. The van der Waals surface area contributed by atoms with Crippen molar-refractivity contribution in [3.63, 3.8) is 0 Å². The fraction of sp³-hybridized carbons (Fsp3) is 0.269. The molecule has 10 heteroatoms. The van der Waals surface area contributed by atoms with Gasteiger partial charge in [-0.05, 0) is 34.7 Å². The van der Waals surface area contributed by atoms with E-state index in [4.69, 9.17) is 4.99 Å². The number of piperidine rings is 1. The molecule has 3 aromatic rings. The molecular weight excluding hydrogens is 478 g/mol. The number of likely N-dealkylation sites (tertiary alicyclic amines) is 1. The van der Waals surface area contributed by atoms with Crippen LogP contribution in [0.2, 0.25) is 0 Å². The minimum absolute atomic E-state index is 0.0176. The molecule has 1 fully saturated rings. The third kappa shape index (κ3) is 5.72. The monoisotopic (exact) mass is 505 g/mol. The van der Waals surface area contributed by atoms with Gasteiger partial charge in [-0.2, -0.15) is 8.42 Å². The van der Waals surface area contributed by atoms with Crippen LogP contribution in [0.1, 0.15) is 24.0 Å². The summed E-state index contributed by atoms with van der Waals surface area (Å²) in [5, 5.41) is 13.0. The first-order valence-corrected chi connectivity index (χ1v) is 13.3. The highest BCUT2D eigenvalue weighted by Gasteiger charge is 2.24. The maximum absolute atomic E-state index is 12.5. The highest BCUT2D eigenvalue weighted by Crippen LogP contribution is 2.22. The molecule has 0 amide bonds. The van der Waals surface area contributed by atoms with Crippen molar-refractivity contribution in [1.29, 1.82) is 0 Å². The van der Waals surface area contributed by atoms with Gasteiger partial charge in [0.25, 0.3) is 5.69 Å². The second kappa shape index (κ2) is 10.1. The van der Waals surface area contributed by atoms with Crippen molar-refractivity contribution in [3.8, 4) is 0 Å². The highest BCUT2D eigenvalue weighted by atomic mass is 32.2. The lowest BCUT2D eigenvalue weighted by Crippen LogP contribution is -2.45. The number of non-ortho nitro benzene ring substituents is 1. The molecule has 0 aliphatic carbocycles. The summed E-state index contributed by atoms with van der Waals surface area (Å²) in [6.45, 7) is 2.35. The van der Waals surface area contributed by atoms with Crippen LogP contribution in [-0.4, -0.2) is 43.2 Å². The number of amidine groups is 1. The lowest BCUT2D eigenvalue weighted by molar-refractivity contribution is -0.384. The van der Waals surface area contributed by atoms with Crippen molar-refractivity contribution in [2.45, 2.75) is 31.8 Å². The van der Waals surface area contributed by atoms with E-state index < -0.39 is 15.1 Å². The standard InChI is InChI=1S/C26H27N5O4S/c32-31(33)24-10-8-19(9-11-24)18-30-14-12-22(13-15-30)27-26-17-23(28-36(34,35)29-26)16-21-6-3-5-20-4-1-2-7-25(20)21/h1-11,17,22,28H,12-16,18H2,(H,27,29). The summed E-state index contributed by atoms with van der Waals surface area (Å²) in [6.07, 6.45) is 3.84. The first-order valence-electron chi connectivity index (χ1n) is 11.9. The Bertz CT molecular complexity index is 1440. The first kappa shape index (κ1) is 24.0.